The predicted octanol–water partition coefficient (Wildman–Crippen LogP) is 4.23. The maximum atomic E-state index is 15.1. The summed E-state index contributed by atoms with van der Waals surface area (Å²) in [5, 5.41) is 0.297. The van der Waals surface area contributed by atoms with Gasteiger partial charge in [0.1, 0.15) is 5.82 Å². The van der Waals surface area contributed by atoms with Crippen LogP contribution in [0.3, 0.4) is 0 Å². The molecule has 3 rings (SSSR count). The normalized spacial score (nSPS) is 18.3. The number of halogens is 3. The zero-order valence-electron chi connectivity index (χ0n) is 15.7. The third kappa shape index (κ3) is 3.89. The first-order valence-electron chi connectivity index (χ1n) is 8.46. The Bertz CT molecular complexity index is 1010. The van der Waals surface area contributed by atoms with Crippen molar-refractivity contribution in [3.05, 3.63) is 52.3 Å². The number of benzene rings is 2. The molecule has 1 saturated heterocycles. The molecule has 1 aliphatic rings. The zero-order valence-corrected chi connectivity index (χ0v) is 18.0. The van der Waals surface area contributed by atoms with Crippen LogP contribution in [0, 0.1) is 5.82 Å². The van der Waals surface area contributed by atoms with Crippen molar-refractivity contribution in [2.45, 2.75) is 43.8 Å². The second kappa shape index (κ2) is 7.18. The van der Waals surface area contributed by atoms with E-state index in [9.17, 15) is 8.42 Å². The lowest BCUT2D eigenvalue weighted by molar-refractivity contribution is 0.00578. The first-order chi connectivity index (χ1) is 12.8. The number of nitrogens with one attached hydrogen (secondary N) is 1. The van der Waals surface area contributed by atoms with E-state index in [1.54, 1.807) is 0 Å². The molecule has 0 atom stereocenters. The minimum absolute atomic E-state index is 0.0796. The lowest BCUT2D eigenvalue weighted by atomic mass is 9.78. The van der Waals surface area contributed by atoms with Gasteiger partial charge in [-0.2, -0.15) is 0 Å². The van der Waals surface area contributed by atoms with Gasteiger partial charge < -0.3 is 9.31 Å². The Morgan fingerprint density at radius 2 is 1.61 bits per heavy atom. The molecule has 28 heavy (non-hydrogen) atoms. The van der Waals surface area contributed by atoms with E-state index in [2.05, 4.69) is 4.72 Å². The average molecular weight is 446 g/mol. The maximum Gasteiger partial charge on any atom is 0.497 e. The van der Waals surface area contributed by atoms with Gasteiger partial charge in [-0.15, -0.1) is 0 Å². The van der Waals surface area contributed by atoms with E-state index in [1.165, 1.54) is 36.4 Å². The van der Waals surface area contributed by atoms with Crippen LogP contribution in [0.4, 0.5) is 10.1 Å². The van der Waals surface area contributed by atoms with Crippen LogP contribution in [-0.4, -0.2) is 26.7 Å². The average Bonchev–Trinajstić information content (AvgIpc) is 2.79. The van der Waals surface area contributed by atoms with E-state index in [0.717, 1.165) is 0 Å². The molecular weight excluding hydrogens is 427 g/mol. The summed E-state index contributed by atoms with van der Waals surface area (Å²) >= 11 is 11.7. The smallest absolute Gasteiger partial charge is 0.399 e. The number of hydrogen-bond acceptors (Lipinski definition) is 4. The fourth-order valence-electron chi connectivity index (χ4n) is 2.63. The zero-order chi connectivity index (χ0) is 20.9. The first kappa shape index (κ1) is 21.4. The molecule has 0 amide bonds. The first-order valence-corrected chi connectivity index (χ1v) is 10.7. The summed E-state index contributed by atoms with van der Waals surface area (Å²) < 4.78 is 54.3. The molecule has 0 saturated carbocycles. The van der Waals surface area contributed by atoms with Gasteiger partial charge >= 0.3 is 7.12 Å². The number of anilines is 1. The van der Waals surface area contributed by atoms with E-state index in [1.807, 2.05) is 27.7 Å². The number of sulfonamides is 1. The Kier molecular flexibility index (Phi) is 5.49. The third-order valence-corrected chi connectivity index (χ3v) is 7.08. The lowest BCUT2D eigenvalue weighted by Gasteiger charge is -2.32. The Morgan fingerprint density at radius 1 is 1.00 bits per heavy atom. The molecule has 0 spiro atoms. The summed E-state index contributed by atoms with van der Waals surface area (Å²) in [7, 11) is -5.03. The van der Waals surface area contributed by atoms with Crippen LogP contribution in [0.5, 0.6) is 0 Å². The van der Waals surface area contributed by atoms with Crippen LogP contribution in [-0.2, 0) is 19.3 Å². The van der Waals surface area contributed by atoms with Gasteiger partial charge in [-0.1, -0.05) is 35.3 Å². The second-order valence-corrected chi connectivity index (χ2v) is 9.98. The molecule has 0 bridgehead atoms. The molecule has 1 heterocycles. The quantitative estimate of drug-likeness (QED) is 0.715. The molecule has 2 aromatic carbocycles. The molecule has 150 valence electrons. The third-order valence-electron chi connectivity index (χ3n) is 4.98. The standard InChI is InChI=1S/C18H19BCl2FNO4S/c1-17(2)18(3,4)27-19(26-17)12-6-5-7-15(16(12)22)23-28(24,25)11-8-9-13(20)14(21)10-11/h5-10,23H,1-4H3. The van der Waals surface area contributed by atoms with E-state index in [4.69, 9.17) is 32.5 Å². The van der Waals surface area contributed by atoms with E-state index in [0.29, 0.717) is 0 Å². The van der Waals surface area contributed by atoms with Crippen molar-refractivity contribution in [2.24, 2.45) is 0 Å². The van der Waals surface area contributed by atoms with Crippen molar-refractivity contribution in [3.8, 4) is 0 Å². The van der Waals surface area contributed by atoms with Gasteiger partial charge in [-0.3, -0.25) is 4.72 Å². The summed E-state index contributed by atoms with van der Waals surface area (Å²) in [4.78, 5) is -0.137. The van der Waals surface area contributed by atoms with E-state index in [-0.39, 0.29) is 26.1 Å². The summed E-state index contributed by atoms with van der Waals surface area (Å²) in [6.45, 7) is 7.40. The van der Waals surface area contributed by atoms with Gasteiger partial charge in [-0.05, 0) is 52.0 Å². The Balaban J connectivity index is 1.93. The van der Waals surface area contributed by atoms with Gasteiger partial charge in [0.05, 0.1) is 31.8 Å². The van der Waals surface area contributed by atoms with Crippen molar-refractivity contribution in [2.75, 3.05) is 4.72 Å². The van der Waals surface area contributed by atoms with Gasteiger partial charge in [0.15, 0.2) is 0 Å². The maximum absolute atomic E-state index is 15.1. The van der Waals surface area contributed by atoms with Crippen LogP contribution in [0.15, 0.2) is 41.3 Å². The minimum Gasteiger partial charge on any atom is -0.399 e. The molecule has 0 unspecified atom stereocenters. The van der Waals surface area contributed by atoms with Crippen LogP contribution in [0.25, 0.3) is 0 Å². The second-order valence-electron chi connectivity index (χ2n) is 7.48. The molecule has 2 aromatic rings. The topological polar surface area (TPSA) is 64.6 Å². The van der Waals surface area contributed by atoms with Gasteiger partial charge in [-0.25, -0.2) is 12.8 Å². The highest BCUT2D eigenvalue weighted by molar-refractivity contribution is 7.92. The van der Waals surface area contributed by atoms with Crippen molar-refractivity contribution in [1.82, 2.24) is 0 Å². The Labute approximate surface area is 174 Å². The molecular formula is C18H19BCl2FNO4S. The molecule has 10 heteroatoms. The molecule has 5 nitrogen and oxygen atoms in total. The minimum atomic E-state index is -4.08. The Morgan fingerprint density at radius 3 is 2.18 bits per heavy atom. The highest BCUT2D eigenvalue weighted by Crippen LogP contribution is 2.37. The van der Waals surface area contributed by atoms with Crippen molar-refractivity contribution >= 4 is 51.5 Å². The molecule has 0 aromatic heterocycles. The van der Waals surface area contributed by atoms with Gasteiger partial charge in [0, 0.05) is 5.46 Å². The van der Waals surface area contributed by atoms with Crippen LogP contribution in [0.2, 0.25) is 10.0 Å². The highest BCUT2D eigenvalue weighted by Gasteiger charge is 2.52. The van der Waals surface area contributed by atoms with Crippen LogP contribution < -0.4 is 10.2 Å². The molecule has 1 N–H and O–H groups in total. The lowest BCUT2D eigenvalue weighted by Crippen LogP contribution is -2.41. The molecule has 1 fully saturated rings. The molecule has 0 radical (unpaired) electrons. The molecule has 1 aliphatic heterocycles. The largest absolute Gasteiger partial charge is 0.497 e. The predicted molar refractivity (Wildman–Crippen MR) is 109 cm³/mol. The van der Waals surface area contributed by atoms with Gasteiger partial charge in [0.25, 0.3) is 10.0 Å². The Hall–Kier alpha value is -1.32. The number of rotatable bonds is 4. The van der Waals surface area contributed by atoms with Crippen molar-refractivity contribution < 1.29 is 22.1 Å². The fraction of sp³-hybridized carbons (Fsp3) is 0.333. The fourth-order valence-corrected chi connectivity index (χ4v) is 4.08. The van der Waals surface area contributed by atoms with Crippen LogP contribution in [0.1, 0.15) is 27.7 Å². The summed E-state index contributed by atoms with van der Waals surface area (Å²) in [6.07, 6.45) is 0. The number of hydrogen-bond donors (Lipinski definition) is 1. The summed E-state index contributed by atoms with van der Waals surface area (Å²) in [5.74, 6) is -0.773. The monoisotopic (exact) mass is 445 g/mol. The van der Waals surface area contributed by atoms with E-state index >= 15 is 4.39 Å². The van der Waals surface area contributed by atoms with E-state index < -0.39 is 34.2 Å². The SMILES string of the molecule is CC1(C)OB(c2cccc(NS(=O)(=O)c3ccc(Cl)c(Cl)c3)c2F)OC1(C)C. The van der Waals surface area contributed by atoms with Crippen LogP contribution >= 0.6 is 23.2 Å². The van der Waals surface area contributed by atoms with Gasteiger partial charge in [0.2, 0.25) is 0 Å². The molecule has 0 aliphatic carbocycles. The summed E-state index contributed by atoms with van der Waals surface area (Å²) in [6, 6.07) is 8.17. The van der Waals surface area contributed by atoms with Crippen molar-refractivity contribution in [1.29, 1.82) is 0 Å². The van der Waals surface area contributed by atoms with Crippen molar-refractivity contribution in [3.63, 3.8) is 0 Å². The highest BCUT2D eigenvalue weighted by atomic mass is 35.5. The summed E-state index contributed by atoms with van der Waals surface area (Å²) in [5.41, 5.74) is -1.43.